The van der Waals surface area contributed by atoms with Crippen molar-refractivity contribution in [3.63, 3.8) is 0 Å². The second kappa shape index (κ2) is 8.39. The normalized spacial score (nSPS) is 25.6. The van der Waals surface area contributed by atoms with Crippen molar-refractivity contribution < 1.29 is 9.53 Å². The van der Waals surface area contributed by atoms with Crippen molar-refractivity contribution in [1.82, 2.24) is 19.8 Å². The van der Waals surface area contributed by atoms with E-state index in [2.05, 4.69) is 19.8 Å². The van der Waals surface area contributed by atoms with Crippen molar-refractivity contribution in [1.29, 1.82) is 0 Å². The topological polar surface area (TPSA) is 87.8 Å². The minimum atomic E-state index is 0.150. The molecule has 1 aromatic heterocycles. The van der Waals surface area contributed by atoms with Crippen LogP contribution in [0.25, 0.3) is 0 Å². The van der Waals surface area contributed by atoms with Gasteiger partial charge in [-0.25, -0.2) is 4.98 Å². The van der Waals surface area contributed by atoms with Gasteiger partial charge in [0.15, 0.2) is 0 Å². The van der Waals surface area contributed by atoms with Gasteiger partial charge in [0.2, 0.25) is 11.9 Å². The number of hydrogen-bond acceptors (Lipinski definition) is 7. The largest absolute Gasteiger partial charge is 0.378 e. The third kappa shape index (κ3) is 4.32. The lowest BCUT2D eigenvalue weighted by Gasteiger charge is -2.43. The van der Waals surface area contributed by atoms with Crippen LogP contribution >= 0.6 is 0 Å². The van der Waals surface area contributed by atoms with Crippen LogP contribution in [0, 0.1) is 5.92 Å². The van der Waals surface area contributed by atoms with E-state index in [9.17, 15) is 4.79 Å². The molecule has 0 aromatic carbocycles. The van der Waals surface area contributed by atoms with E-state index in [1.807, 2.05) is 11.0 Å². The monoisotopic (exact) mass is 374 g/mol. The fourth-order valence-electron chi connectivity index (χ4n) is 4.58. The Kier molecular flexibility index (Phi) is 5.73. The van der Waals surface area contributed by atoms with Crippen LogP contribution in [0.4, 0.5) is 11.8 Å². The number of morpholine rings is 1. The highest BCUT2D eigenvalue weighted by atomic mass is 16.5. The molecule has 0 saturated carbocycles. The minimum Gasteiger partial charge on any atom is -0.378 e. The van der Waals surface area contributed by atoms with Gasteiger partial charge in [-0.3, -0.25) is 9.69 Å². The van der Waals surface area contributed by atoms with Crippen LogP contribution < -0.4 is 10.6 Å². The number of anilines is 2. The molecule has 0 spiro atoms. The molecule has 4 heterocycles. The number of nitrogens with zero attached hydrogens (tertiary/aromatic N) is 5. The molecule has 0 bridgehead atoms. The SMILES string of the molecule is Nc1nccc(N2CCC(N3CCC[C@H](C(=O)N4CCOCC4)C3)CC2)n1. The van der Waals surface area contributed by atoms with Gasteiger partial charge in [0.25, 0.3) is 0 Å². The molecule has 3 aliphatic rings. The lowest BCUT2D eigenvalue weighted by atomic mass is 9.92. The molecule has 3 aliphatic heterocycles. The smallest absolute Gasteiger partial charge is 0.227 e. The number of nitrogen functional groups attached to an aromatic ring is 1. The second-order valence-corrected chi connectivity index (χ2v) is 7.76. The predicted octanol–water partition coefficient (Wildman–Crippen LogP) is 0.598. The van der Waals surface area contributed by atoms with Gasteiger partial charge in [-0.2, -0.15) is 4.98 Å². The van der Waals surface area contributed by atoms with E-state index >= 15 is 0 Å². The van der Waals surface area contributed by atoms with Gasteiger partial charge in [-0.15, -0.1) is 0 Å². The Morgan fingerprint density at radius 1 is 1.11 bits per heavy atom. The van der Waals surface area contributed by atoms with E-state index in [-0.39, 0.29) is 5.92 Å². The molecule has 3 fully saturated rings. The second-order valence-electron chi connectivity index (χ2n) is 7.76. The van der Waals surface area contributed by atoms with E-state index in [0.29, 0.717) is 31.1 Å². The quantitative estimate of drug-likeness (QED) is 0.829. The number of aromatic nitrogens is 2. The number of amides is 1. The fraction of sp³-hybridized carbons (Fsp3) is 0.737. The van der Waals surface area contributed by atoms with Crippen LogP contribution in [0.3, 0.4) is 0 Å². The van der Waals surface area contributed by atoms with Crippen molar-refractivity contribution in [2.75, 3.05) is 63.1 Å². The molecule has 0 radical (unpaired) electrons. The molecule has 4 rings (SSSR count). The molecule has 2 N–H and O–H groups in total. The predicted molar refractivity (Wildman–Crippen MR) is 103 cm³/mol. The first-order valence-corrected chi connectivity index (χ1v) is 10.1. The van der Waals surface area contributed by atoms with Crippen LogP contribution in [0.15, 0.2) is 12.3 Å². The lowest BCUT2D eigenvalue weighted by molar-refractivity contribution is -0.141. The standard InChI is InChI=1S/C19H30N6O2/c20-19-21-6-3-17(22-19)23-8-4-16(5-9-23)25-7-1-2-15(14-25)18(26)24-10-12-27-13-11-24/h3,6,15-16H,1-2,4-5,7-14H2,(H2,20,21,22)/t15-/m0/s1. The highest BCUT2D eigenvalue weighted by molar-refractivity contribution is 5.79. The Morgan fingerprint density at radius 2 is 1.89 bits per heavy atom. The highest BCUT2D eigenvalue weighted by Gasteiger charge is 2.34. The first kappa shape index (κ1) is 18.4. The highest BCUT2D eigenvalue weighted by Crippen LogP contribution is 2.26. The summed E-state index contributed by atoms with van der Waals surface area (Å²) < 4.78 is 5.38. The zero-order valence-corrected chi connectivity index (χ0v) is 15.9. The number of carbonyl (C=O) groups is 1. The maximum atomic E-state index is 12.9. The molecular formula is C19H30N6O2. The lowest BCUT2D eigenvalue weighted by Crippen LogP contribution is -2.52. The summed E-state index contributed by atoms with van der Waals surface area (Å²) in [5, 5.41) is 0. The fourth-order valence-corrected chi connectivity index (χ4v) is 4.58. The molecule has 1 amide bonds. The van der Waals surface area contributed by atoms with Gasteiger partial charge >= 0.3 is 0 Å². The zero-order valence-electron chi connectivity index (χ0n) is 15.9. The number of likely N-dealkylation sites (tertiary alicyclic amines) is 1. The molecule has 0 unspecified atom stereocenters. The summed E-state index contributed by atoms with van der Waals surface area (Å²) in [5.74, 6) is 1.73. The molecule has 1 aromatic rings. The van der Waals surface area contributed by atoms with Gasteiger partial charge in [0.05, 0.1) is 19.1 Å². The summed E-state index contributed by atoms with van der Waals surface area (Å²) in [7, 11) is 0. The number of rotatable bonds is 3. The van der Waals surface area contributed by atoms with Crippen molar-refractivity contribution >= 4 is 17.7 Å². The van der Waals surface area contributed by atoms with E-state index in [0.717, 1.165) is 70.8 Å². The number of hydrogen-bond donors (Lipinski definition) is 1. The van der Waals surface area contributed by atoms with Crippen molar-refractivity contribution in [2.24, 2.45) is 5.92 Å². The molecule has 1 atom stereocenters. The van der Waals surface area contributed by atoms with Gasteiger partial charge in [-0.1, -0.05) is 0 Å². The third-order valence-corrected chi connectivity index (χ3v) is 6.09. The molecule has 8 heteroatoms. The molecule has 8 nitrogen and oxygen atoms in total. The Bertz CT molecular complexity index is 643. The minimum absolute atomic E-state index is 0.150. The van der Waals surface area contributed by atoms with Crippen molar-refractivity contribution in [3.05, 3.63) is 12.3 Å². The summed E-state index contributed by atoms with van der Waals surface area (Å²) in [4.78, 5) is 28.0. The summed E-state index contributed by atoms with van der Waals surface area (Å²) >= 11 is 0. The van der Waals surface area contributed by atoms with Gasteiger partial charge in [0.1, 0.15) is 5.82 Å². The van der Waals surface area contributed by atoms with Crippen LogP contribution in [-0.2, 0) is 9.53 Å². The zero-order chi connectivity index (χ0) is 18.6. The molecule has 148 valence electrons. The molecule has 3 saturated heterocycles. The van der Waals surface area contributed by atoms with Gasteiger partial charge in [0, 0.05) is 45.0 Å². The summed E-state index contributed by atoms with van der Waals surface area (Å²) in [5.41, 5.74) is 5.71. The van der Waals surface area contributed by atoms with Gasteiger partial charge < -0.3 is 20.3 Å². The van der Waals surface area contributed by atoms with Crippen LogP contribution in [0.1, 0.15) is 25.7 Å². The van der Waals surface area contributed by atoms with Crippen molar-refractivity contribution in [3.8, 4) is 0 Å². The first-order valence-electron chi connectivity index (χ1n) is 10.1. The van der Waals surface area contributed by atoms with Gasteiger partial charge in [-0.05, 0) is 38.3 Å². The molecular weight excluding hydrogens is 344 g/mol. The third-order valence-electron chi connectivity index (χ3n) is 6.09. The first-order chi connectivity index (χ1) is 13.2. The number of ether oxygens (including phenoxy) is 1. The average Bonchev–Trinajstić information content (AvgIpc) is 2.74. The average molecular weight is 374 g/mol. The molecule has 27 heavy (non-hydrogen) atoms. The van der Waals surface area contributed by atoms with Crippen LogP contribution in [-0.4, -0.2) is 84.2 Å². The Labute approximate surface area is 160 Å². The number of carbonyl (C=O) groups excluding carboxylic acids is 1. The van der Waals surface area contributed by atoms with E-state index in [1.165, 1.54) is 0 Å². The van der Waals surface area contributed by atoms with Crippen molar-refractivity contribution in [2.45, 2.75) is 31.7 Å². The molecule has 0 aliphatic carbocycles. The number of piperidine rings is 2. The Morgan fingerprint density at radius 3 is 2.63 bits per heavy atom. The maximum absolute atomic E-state index is 12.9. The summed E-state index contributed by atoms with van der Waals surface area (Å²) in [6, 6.07) is 2.48. The van der Waals surface area contributed by atoms with E-state index in [1.54, 1.807) is 6.20 Å². The van der Waals surface area contributed by atoms with E-state index < -0.39 is 0 Å². The van der Waals surface area contributed by atoms with Crippen LogP contribution in [0.2, 0.25) is 0 Å². The van der Waals surface area contributed by atoms with E-state index in [4.69, 9.17) is 10.5 Å². The maximum Gasteiger partial charge on any atom is 0.227 e. The Balaban J connectivity index is 1.31. The Hall–Kier alpha value is -1.93. The number of nitrogens with two attached hydrogens (primary N) is 1. The summed E-state index contributed by atoms with van der Waals surface area (Å²) in [6.45, 7) is 6.80. The summed E-state index contributed by atoms with van der Waals surface area (Å²) in [6.07, 6.45) is 6.05. The van der Waals surface area contributed by atoms with Crippen LogP contribution in [0.5, 0.6) is 0 Å².